The predicted octanol–water partition coefficient (Wildman–Crippen LogP) is 8.54. The molecule has 0 radical (unpaired) electrons. The second kappa shape index (κ2) is 13.1. The fourth-order valence-electron chi connectivity index (χ4n) is 4.57. The molecule has 1 aromatic carbocycles. The van der Waals surface area contributed by atoms with E-state index in [1.165, 1.54) is 6.07 Å². The lowest BCUT2D eigenvalue weighted by Gasteiger charge is -2.41. The first-order valence-electron chi connectivity index (χ1n) is 15.4. The van der Waals surface area contributed by atoms with Gasteiger partial charge in [-0.3, -0.25) is 18.7 Å². The fourth-order valence-corrected chi connectivity index (χ4v) is 8.57. The van der Waals surface area contributed by atoms with Gasteiger partial charge in [-0.2, -0.15) is 13.8 Å². The summed E-state index contributed by atoms with van der Waals surface area (Å²) in [5.74, 6) is -3.77. The molecule has 3 heterocycles. The van der Waals surface area contributed by atoms with Crippen LogP contribution in [0.25, 0.3) is 0 Å². The van der Waals surface area contributed by atoms with Crippen molar-refractivity contribution in [2.45, 2.75) is 115 Å². The highest BCUT2D eigenvalue weighted by Gasteiger charge is 2.63. The van der Waals surface area contributed by atoms with Crippen molar-refractivity contribution in [1.82, 2.24) is 9.55 Å². The maximum Gasteiger partial charge on any atom is 0.434 e. The van der Waals surface area contributed by atoms with E-state index in [0.717, 1.165) is 10.8 Å². The Balaban J connectivity index is 1.59. The summed E-state index contributed by atoms with van der Waals surface area (Å²) in [5, 5.41) is 2.54. The van der Waals surface area contributed by atoms with Crippen molar-refractivity contribution >= 4 is 41.8 Å². The van der Waals surface area contributed by atoms with E-state index in [1.54, 1.807) is 24.3 Å². The molecule has 0 bridgehead atoms. The van der Waals surface area contributed by atoms with E-state index in [4.69, 9.17) is 34.2 Å². The van der Waals surface area contributed by atoms with Crippen LogP contribution in [-0.4, -0.2) is 57.5 Å². The number of ether oxygens (including phenoxy) is 1. The monoisotopic (exact) mass is 721 g/mol. The van der Waals surface area contributed by atoms with Crippen LogP contribution in [0.2, 0.25) is 41.3 Å². The Labute approximate surface area is 277 Å². The zero-order valence-electron chi connectivity index (χ0n) is 28.2. The third-order valence-corrected chi connectivity index (χ3v) is 20.2. The molecule has 2 saturated heterocycles. The molecule has 10 nitrogen and oxygen atoms in total. The number of hydrogen-bond acceptors (Lipinski definition) is 8. The third kappa shape index (κ3) is 8.03. The van der Waals surface area contributed by atoms with Crippen molar-refractivity contribution in [2.75, 3.05) is 18.3 Å². The number of halogens is 3. The van der Waals surface area contributed by atoms with E-state index in [-0.39, 0.29) is 29.1 Å². The van der Waals surface area contributed by atoms with Gasteiger partial charge in [0.05, 0.1) is 19.3 Å². The minimum Gasteiger partial charge on any atom is -0.414 e. The standard InChI is InChI=1S/C30H47ClF2N3O7PSi2/c1-28(2,3)45(7,8)40-19-23-25(43-46(9,10)29(4,5)6)30(32,33)26(41-23)36-16-14-24(34-27(36)37)35-44(38)39-17-15-22(42-44)20-12-11-13-21(31)18-20/h11-14,16,18,22-23,25-26H,15,17,19H2,1-10H3,(H,34,35,37,38)/t22-,23-,25+,26+,44?/m0/s1. The van der Waals surface area contributed by atoms with Crippen LogP contribution < -0.4 is 10.8 Å². The van der Waals surface area contributed by atoms with Crippen molar-refractivity contribution in [2.24, 2.45) is 0 Å². The largest absolute Gasteiger partial charge is 0.434 e. The Morgan fingerprint density at radius 2 is 1.76 bits per heavy atom. The molecule has 1 aromatic heterocycles. The molecule has 0 saturated carbocycles. The topological polar surface area (TPSA) is 110 Å². The van der Waals surface area contributed by atoms with Crippen LogP contribution in [-0.2, 0) is 27.2 Å². The first kappa shape index (κ1) is 37.3. The quantitative estimate of drug-likeness (QED) is 0.201. The van der Waals surface area contributed by atoms with Crippen LogP contribution in [0.5, 0.6) is 0 Å². The Bertz CT molecular complexity index is 1520. The summed E-state index contributed by atoms with van der Waals surface area (Å²) >= 11 is 6.10. The number of rotatable bonds is 9. The van der Waals surface area contributed by atoms with Crippen LogP contribution in [0.1, 0.15) is 65.9 Å². The van der Waals surface area contributed by atoms with Crippen molar-refractivity contribution < 1.29 is 36.0 Å². The summed E-state index contributed by atoms with van der Waals surface area (Å²) < 4.78 is 76.6. The maximum atomic E-state index is 16.4. The highest BCUT2D eigenvalue weighted by molar-refractivity contribution is 7.55. The van der Waals surface area contributed by atoms with Crippen molar-refractivity contribution in [3.05, 3.63) is 57.6 Å². The molecule has 2 fully saturated rings. The zero-order valence-corrected chi connectivity index (χ0v) is 31.9. The molecule has 46 heavy (non-hydrogen) atoms. The number of nitrogens with one attached hydrogen (secondary N) is 1. The molecular formula is C30H47ClF2N3O7PSi2. The van der Waals surface area contributed by atoms with Gasteiger partial charge in [0, 0.05) is 17.6 Å². The first-order chi connectivity index (χ1) is 21.0. The van der Waals surface area contributed by atoms with Gasteiger partial charge in [0.25, 0.3) is 0 Å². The maximum absolute atomic E-state index is 16.4. The van der Waals surface area contributed by atoms with E-state index >= 15 is 8.78 Å². The normalized spacial score (nSPS) is 27.5. The summed E-state index contributed by atoms with van der Waals surface area (Å²) in [7, 11) is -9.02. The van der Waals surface area contributed by atoms with E-state index in [1.807, 2.05) is 47.0 Å². The highest BCUT2D eigenvalue weighted by atomic mass is 35.5. The Morgan fingerprint density at radius 3 is 2.35 bits per heavy atom. The van der Waals surface area contributed by atoms with E-state index in [9.17, 15) is 9.36 Å². The van der Waals surface area contributed by atoms with Gasteiger partial charge in [-0.25, -0.2) is 9.36 Å². The molecule has 2 aliphatic heterocycles. The van der Waals surface area contributed by atoms with E-state index in [0.29, 0.717) is 17.0 Å². The summed E-state index contributed by atoms with van der Waals surface area (Å²) in [4.78, 5) is 17.1. The molecule has 5 atom stereocenters. The molecule has 258 valence electrons. The van der Waals surface area contributed by atoms with Crippen molar-refractivity contribution in [3.8, 4) is 0 Å². The smallest absolute Gasteiger partial charge is 0.414 e. The van der Waals surface area contributed by atoms with E-state index in [2.05, 4.69) is 30.8 Å². The van der Waals surface area contributed by atoms with Crippen LogP contribution >= 0.6 is 19.3 Å². The van der Waals surface area contributed by atoms with Crippen LogP contribution in [0, 0.1) is 0 Å². The second-order valence-electron chi connectivity index (χ2n) is 15.0. The highest BCUT2D eigenvalue weighted by Crippen LogP contribution is 2.55. The lowest BCUT2D eigenvalue weighted by Crippen LogP contribution is -2.53. The number of hydrogen-bond donors (Lipinski definition) is 1. The minimum absolute atomic E-state index is 0.106. The fraction of sp³-hybridized carbons (Fsp3) is 0.667. The van der Waals surface area contributed by atoms with Crippen LogP contribution in [0.15, 0.2) is 41.3 Å². The van der Waals surface area contributed by atoms with Gasteiger partial charge in [-0.1, -0.05) is 65.3 Å². The molecule has 1 unspecified atom stereocenters. The van der Waals surface area contributed by atoms with Gasteiger partial charge >= 0.3 is 19.4 Å². The molecule has 2 aliphatic rings. The molecule has 4 rings (SSSR count). The molecule has 0 aliphatic carbocycles. The number of anilines is 1. The van der Waals surface area contributed by atoms with Gasteiger partial charge in [0.1, 0.15) is 18.0 Å². The molecule has 16 heteroatoms. The molecule has 1 N–H and O–H groups in total. The molecule has 2 aromatic rings. The summed E-state index contributed by atoms with van der Waals surface area (Å²) in [6.07, 6.45) is -3.84. The lowest BCUT2D eigenvalue weighted by atomic mass is 10.1. The summed E-state index contributed by atoms with van der Waals surface area (Å²) in [6.45, 7) is 19.9. The summed E-state index contributed by atoms with van der Waals surface area (Å²) in [5.41, 5.74) is -0.329. The Hall–Kier alpha value is -1.49. The third-order valence-electron chi connectivity index (χ3n) is 9.45. The Kier molecular flexibility index (Phi) is 10.6. The molecule has 0 spiro atoms. The van der Waals surface area contributed by atoms with Crippen molar-refractivity contribution in [3.63, 3.8) is 0 Å². The SMILES string of the molecule is CC(C)(C)[Si](C)(C)OC[C@@H]1O[C@@H](n2ccc(NP3(=O)OCC[C@@H](c4cccc(Cl)c4)O3)nc2=O)C(F)(F)[C@@H]1O[Si](C)(C)C(C)(C)C. The average molecular weight is 722 g/mol. The van der Waals surface area contributed by atoms with Gasteiger partial charge in [-0.05, 0) is 60.0 Å². The Morgan fingerprint density at radius 1 is 1.11 bits per heavy atom. The summed E-state index contributed by atoms with van der Waals surface area (Å²) in [6, 6.07) is 8.21. The number of benzene rings is 1. The second-order valence-corrected chi connectivity index (χ2v) is 26.6. The van der Waals surface area contributed by atoms with E-state index < -0.39 is 60.5 Å². The van der Waals surface area contributed by atoms with Crippen LogP contribution in [0.3, 0.4) is 0 Å². The molecule has 0 amide bonds. The van der Waals surface area contributed by atoms with Gasteiger partial charge < -0.3 is 13.6 Å². The zero-order chi connectivity index (χ0) is 34.5. The molecular weight excluding hydrogens is 675 g/mol. The number of aromatic nitrogens is 2. The van der Waals surface area contributed by atoms with Crippen LogP contribution in [0.4, 0.5) is 14.6 Å². The first-order valence-corrected chi connectivity index (χ1v) is 23.1. The van der Waals surface area contributed by atoms with Crippen molar-refractivity contribution in [1.29, 1.82) is 0 Å². The number of nitrogens with zero attached hydrogens (tertiary/aromatic N) is 2. The van der Waals surface area contributed by atoms with Gasteiger partial charge in [0.15, 0.2) is 16.6 Å². The number of alkyl halides is 2. The predicted molar refractivity (Wildman–Crippen MR) is 180 cm³/mol. The minimum atomic E-state index is -3.97. The average Bonchev–Trinajstić information content (AvgIpc) is 3.15. The van der Waals surface area contributed by atoms with Gasteiger partial charge in [0.2, 0.25) is 6.23 Å². The van der Waals surface area contributed by atoms with Gasteiger partial charge in [-0.15, -0.1) is 0 Å². The lowest BCUT2D eigenvalue weighted by molar-refractivity contribution is -0.138.